The van der Waals surface area contributed by atoms with E-state index in [1.165, 1.54) is 0 Å². The van der Waals surface area contributed by atoms with Crippen molar-refractivity contribution in [3.8, 4) is 0 Å². The molecule has 0 amide bonds. The predicted octanol–water partition coefficient (Wildman–Crippen LogP) is 2.93. The van der Waals surface area contributed by atoms with Gasteiger partial charge in [0.15, 0.2) is 6.29 Å². The first kappa shape index (κ1) is 11.8. The Bertz CT molecular complexity index is 109. The van der Waals surface area contributed by atoms with Crippen LogP contribution in [0.2, 0.25) is 0 Å². The second-order valence-corrected chi connectivity index (χ2v) is 3.11. The van der Waals surface area contributed by atoms with Crippen molar-refractivity contribution in [1.29, 1.82) is 0 Å². The fourth-order valence-electron chi connectivity index (χ4n) is 1.35. The molecule has 0 aromatic heterocycles. The summed E-state index contributed by atoms with van der Waals surface area (Å²) in [7, 11) is 0. The molecule has 3 atom stereocenters. The largest absolute Gasteiger partial charge is 0.349 e. The van der Waals surface area contributed by atoms with Crippen LogP contribution in [0.4, 0.5) is 4.53 Å². The first-order chi connectivity index (χ1) is 5.74. The molecule has 1 fully saturated rings. The molecule has 1 heterocycles. The molecule has 12 heavy (non-hydrogen) atoms. The quantitative estimate of drug-likeness (QED) is 0.614. The molecule has 0 aromatic carbocycles. The second-order valence-electron chi connectivity index (χ2n) is 3.11. The lowest BCUT2D eigenvalue weighted by Crippen LogP contribution is -2.32. The summed E-state index contributed by atoms with van der Waals surface area (Å²) in [5.74, 6) is 0.704. The average molecular weight is 178 g/mol. The van der Waals surface area contributed by atoms with Gasteiger partial charge < -0.3 is 4.74 Å². The minimum Gasteiger partial charge on any atom is -0.349 e. The Morgan fingerprint density at radius 2 is 1.92 bits per heavy atom. The molecule has 74 valence electrons. The van der Waals surface area contributed by atoms with Crippen LogP contribution in [0.15, 0.2) is 0 Å². The van der Waals surface area contributed by atoms with Gasteiger partial charge in [0, 0.05) is 5.92 Å². The number of hydrogen-bond acceptors (Lipinski definition) is 2. The predicted molar refractivity (Wildman–Crippen MR) is 46.2 cm³/mol. The monoisotopic (exact) mass is 178 g/mol. The molecular formula is C9H19FO2. The van der Waals surface area contributed by atoms with E-state index in [1.807, 2.05) is 20.8 Å². The molecule has 3 heteroatoms. The SMILES string of the molecule is CC.CC1COC(OF)C(C)C1. The van der Waals surface area contributed by atoms with Crippen LogP contribution in [0.3, 0.4) is 0 Å². The van der Waals surface area contributed by atoms with E-state index in [1.54, 1.807) is 0 Å². The lowest BCUT2D eigenvalue weighted by molar-refractivity contribution is -0.307. The lowest BCUT2D eigenvalue weighted by atomic mass is 9.95. The van der Waals surface area contributed by atoms with Crippen molar-refractivity contribution < 1.29 is 14.2 Å². The third-order valence-corrected chi connectivity index (χ3v) is 1.87. The van der Waals surface area contributed by atoms with Crippen molar-refractivity contribution in [2.45, 2.75) is 40.4 Å². The number of rotatable bonds is 1. The summed E-state index contributed by atoms with van der Waals surface area (Å²) in [5, 5.41) is 0. The maximum absolute atomic E-state index is 11.6. The summed E-state index contributed by atoms with van der Waals surface area (Å²) in [6, 6.07) is 0. The smallest absolute Gasteiger partial charge is 0.199 e. The summed E-state index contributed by atoms with van der Waals surface area (Å²) in [5.41, 5.74) is 0. The summed E-state index contributed by atoms with van der Waals surface area (Å²) in [4.78, 5) is 3.63. The Hall–Kier alpha value is -0.150. The summed E-state index contributed by atoms with van der Waals surface area (Å²) < 4.78 is 16.7. The van der Waals surface area contributed by atoms with Gasteiger partial charge in [0.05, 0.1) is 6.61 Å². The van der Waals surface area contributed by atoms with E-state index in [0.717, 1.165) is 6.42 Å². The van der Waals surface area contributed by atoms with Gasteiger partial charge in [-0.05, 0) is 16.9 Å². The van der Waals surface area contributed by atoms with Gasteiger partial charge >= 0.3 is 0 Å². The highest BCUT2D eigenvalue weighted by Gasteiger charge is 2.27. The highest BCUT2D eigenvalue weighted by Crippen LogP contribution is 2.24. The van der Waals surface area contributed by atoms with E-state index in [4.69, 9.17) is 4.74 Å². The summed E-state index contributed by atoms with van der Waals surface area (Å²) >= 11 is 0. The van der Waals surface area contributed by atoms with Crippen LogP contribution in [-0.2, 0) is 9.68 Å². The topological polar surface area (TPSA) is 18.5 Å². The molecule has 0 saturated carbocycles. The molecule has 0 N–H and O–H groups in total. The highest BCUT2D eigenvalue weighted by molar-refractivity contribution is 4.67. The number of hydrogen-bond donors (Lipinski definition) is 0. The minimum atomic E-state index is -0.629. The van der Waals surface area contributed by atoms with Crippen molar-refractivity contribution in [3.05, 3.63) is 0 Å². The Labute approximate surface area is 74.0 Å². The maximum Gasteiger partial charge on any atom is 0.199 e. The Balaban J connectivity index is 0.000000561. The number of ether oxygens (including phenoxy) is 1. The van der Waals surface area contributed by atoms with E-state index < -0.39 is 6.29 Å². The molecule has 0 aromatic rings. The summed E-state index contributed by atoms with van der Waals surface area (Å²) in [6.45, 7) is 8.63. The Morgan fingerprint density at radius 1 is 1.33 bits per heavy atom. The van der Waals surface area contributed by atoms with Crippen LogP contribution < -0.4 is 0 Å². The van der Waals surface area contributed by atoms with Gasteiger partial charge in [0.25, 0.3) is 0 Å². The van der Waals surface area contributed by atoms with E-state index in [2.05, 4.69) is 11.9 Å². The van der Waals surface area contributed by atoms with E-state index in [-0.39, 0.29) is 5.92 Å². The third-order valence-electron chi connectivity index (χ3n) is 1.87. The van der Waals surface area contributed by atoms with Gasteiger partial charge in [-0.1, -0.05) is 27.7 Å². The van der Waals surface area contributed by atoms with Crippen molar-refractivity contribution >= 4 is 0 Å². The molecule has 0 radical (unpaired) electrons. The number of halogens is 1. The molecule has 3 unspecified atom stereocenters. The van der Waals surface area contributed by atoms with Gasteiger partial charge in [-0.15, -0.1) is 0 Å². The van der Waals surface area contributed by atoms with Crippen LogP contribution in [0.25, 0.3) is 0 Å². The average Bonchev–Trinajstić information content (AvgIpc) is 2.08. The van der Waals surface area contributed by atoms with Gasteiger partial charge in [-0.3, -0.25) is 0 Å². The van der Waals surface area contributed by atoms with E-state index in [9.17, 15) is 4.53 Å². The molecule has 2 nitrogen and oxygen atoms in total. The zero-order chi connectivity index (χ0) is 9.56. The second kappa shape index (κ2) is 6.38. The Morgan fingerprint density at radius 3 is 2.33 bits per heavy atom. The maximum atomic E-state index is 11.6. The van der Waals surface area contributed by atoms with Crippen LogP contribution in [0, 0.1) is 11.8 Å². The summed E-state index contributed by atoms with van der Waals surface area (Å²) in [6.07, 6.45) is 0.352. The molecule has 1 aliphatic heterocycles. The normalized spacial score (nSPS) is 35.2. The Kier molecular flexibility index (Phi) is 6.30. The van der Waals surface area contributed by atoms with Gasteiger partial charge in [0.2, 0.25) is 0 Å². The lowest BCUT2D eigenvalue weighted by Gasteiger charge is -2.29. The fourth-order valence-corrected chi connectivity index (χ4v) is 1.35. The van der Waals surface area contributed by atoms with Gasteiger partial charge in [-0.2, -0.15) is 4.94 Å². The fraction of sp³-hybridized carbons (Fsp3) is 1.00. The first-order valence-electron chi connectivity index (χ1n) is 4.63. The van der Waals surface area contributed by atoms with Gasteiger partial charge in [0.1, 0.15) is 0 Å². The molecular weight excluding hydrogens is 159 g/mol. The van der Waals surface area contributed by atoms with E-state index >= 15 is 0 Å². The first-order valence-corrected chi connectivity index (χ1v) is 4.63. The van der Waals surface area contributed by atoms with Crippen molar-refractivity contribution in [2.75, 3.05) is 6.61 Å². The van der Waals surface area contributed by atoms with E-state index in [0.29, 0.717) is 12.5 Å². The van der Waals surface area contributed by atoms with Crippen molar-refractivity contribution in [3.63, 3.8) is 0 Å². The van der Waals surface area contributed by atoms with Crippen LogP contribution >= 0.6 is 0 Å². The molecule has 0 spiro atoms. The molecule has 1 aliphatic rings. The van der Waals surface area contributed by atoms with Crippen LogP contribution in [-0.4, -0.2) is 12.9 Å². The molecule has 1 rings (SSSR count). The van der Waals surface area contributed by atoms with Crippen LogP contribution in [0.5, 0.6) is 0 Å². The molecule has 1 saturated heterocycles. The van der Waals surface area contributed by atoms with Crippen molar-refractivity contribution in [2.24, 2.45) is 11.8 Å². The highest BCUT2D eigenvalue weighted by atomic mass is 19.3. The minimum absolute atomic E-state index is 0.175. The zero-order valence-electron chi connectivity index (χ0n) is 8.34. The van der Waals surface area contributed by atoms with Gasteiger partial charge in [-0.25, -0.2) is 0 Å². The van der Waals surface area contributed by atoms with Crippen LogP contribution in [0.1, 0.15) is 34.1 Å². The standard InChI is InChI=1S/C7H13FO2.C2H6/c1-5-3-6(2)7(10-8)9-4-5;1-2/h5-7H,3-4H2,1-2H3;1-2H3. The van der Waals surface area contributed by atoms with Crippen molar-refractivity contribution in [1.82, 2.24) is 0 Å². The molecule has 0 aliphatic carbocycles. The zero-order valence-corrected chi connectivity index (χ0v) is 8.34. The molecule has 0 bridgehead atoms. The third kappa shape index (κ3) is 3.50.